The monoisotopic (exact) mass is 364 g/mol. The Bertz CT molecular complexity index is 638. The van der Waals surface area contributed by atoms with Crippen LogP contribution >= 0.6 is 11.8 Å². The summed E-state index contributed by atoms with van der Waals surface area (Å²) >= 11 is 1.36. The fraction of sp³-hybridized carbons (Fsp3) is 0.556. The highest BCUT2D eigenvalue weighted by atomic mass is 32.2. The van der Waals surface area contributed by atoms with Crippen molar-refractivity contribution in [3.63, 3.8) is 0 Å². The topological polar surface area (TPSA) is 76.7 Å². The molecule has 6 nitrogen and oxygen atoms in total. The summed E-state index contributed by atoms with van der Waals surface area (Å²) in [7, 11) is 0. The van der Waals surface area contributed by atoms with E-state index in [2.05, 4.69) is 17.6 Å². The predicted octanol–water partition coefficient (Wildman–Crippen LogP) is 2.95. The average molecular weight is 364 g/mol. The van der Waals surface area contributed by atoms with E-state index in [0.29, 0.717) is 24.9 Å². The molecule has 1 aromatic rings. The molecule has 0 spiro atoms. The molecule has 0 aromatic heterocycles. The zero-order valence-corrected chi connectivity index (χ0v) is 15.2. The molecule has 1 fully saturated rings. The van der Waals surface area contributed by atoms with E-state index in [9.17, 15) is 9.59 Å². The number of rotatable bonds is 4. The lowest BCUT2D eigenvalue weighted by molar-refractivity contribution is -0.117. The molecule has 0 saturated heterocycles. The van der Waals surface area contributed by atoms with Gasteiger partial charge in [-0.2, -0.15) is 0 Å². The van der Waals surface area contributed by atoms with E-state index < -0.39 is 6.03 Å². The highest BCUT2D eigenvalue weighted by molar-refractivity contribution is 8.00. The minimum atomic E-state index is -0.397. The van der Waals surface area contributed by atoms with E-state index >= 15 is 0 Å². The van der Waals surface area contributed by atoms with Crippen LogP contribution in [0.2, 0.25) is 0 Å². The number of imide groups is 1. The van der Waals surface area contributed by atoms with E-state index in [1.165, 1.54) is 18.2 Å². The fourth-order valence-electron chi connectivity index (χ4n) is 3.16. The smallest absolute Gasteiger partial charge is 0.321 e. The predicted molar refractivity (Wildman–Crippen MR) is 96.3 cm³/mol. The Balaban J connectivity index is 1.44. The van der Waals surface area contributed by atoms with Gasteiger partial charge in [-0.05, 0) is 37.0 Å². The second kappa shape index (κ2) is 8.47. The van der Waals surface area contributed by atoms with Crippen molar-refractivity contribution >= 4 is 23.7 Å². The highest BCUT2D eigenvalue weighted by Gasteiger charge is 2.23. The minimum Gasteiger partial charge on any atom is -0.486 e. The number of hydrogen-bond acceptors (Lipinski definition) is 5. The number of fused-ring (bicyclic) bond motifs is 1. The zero-order chi connectivity index (χ0) is 17.6. The van der Waals surface area contributed by atoms with Crippen LogP contribution in [0.25, 0.3) is 0 Å². The molecule has 2 atom stereocenters. The summed E-state index contributed by atoms with van der Waals surface area (Å²) in [6.45, 7) is 3.22. The second-order valence-electron chi connectivity index (χ2n) is 6.48. The molecule has 7 heteroatoms. The molecule has 1 aliphatic carbocycles. The van der Waals surface area contributed by atoms with E-state index in [0.717, 1.165) is 29.9 Å². The largest absolute Gasteiger partial charge is 0.486 e. The third-order valence-electron chi connectivity index (χ3n) is 4.56. The first-order valence-corrected chi connectivity index (χ1v) is 9.73. The lowest BCUT2D eigenvalue weighted by Gasteiger charge is -2.29. The summed E-state index contributed by atoms with van der Waals surface area (Å²) in [4.78, 5) is 24.9. The van der Waals surface area contributed by atoms with E-state index in [1.807, 2.05) is 18.2 Å². The lowest BCUT2D eigenvalue weighted by Crippen LogP contribution is -2.48. The van der Waals surface area contributed by atoms with Crippen LogP contribution < -0.4 is 20.1 Å². The Morgan fingerprint density at radius 1 is 1.16 bits per heavy atom. The van der Waals surface area contributed by atoms with Crippen LogP contribution in [-0.4, -0.2) is 36.9 Å². The van der Waals surface area contributed by atoms with Gasteiger partial charge in [-0.25, -0.2) is 4.79 Å². The van der Waals surface area contributed by atoms with Crippen LogP contribution in [-0.2, 0) is 4.79 Å². The van der Waals surface area contributed by atoms with Crippen molar-refractivity contribution in [1.82, 2.24) is 10.6 Å². The molecule has 25 heavy (non-hydrogen) atoms. The van der Waals surface area contributed by atoms with Gasteiger partial charge in [0.2, 0.25) is 5.91 Å². The Kier molecular flexibility index (Phi) is 6.07. The molecule has 0 unspecified atom stereocenters. The van der Waals surface area contributed by atoms with Gasteiger partial charge in [0.05, 0.1) is 5.75 Å². The summed E-state index contributed by atoms with van der Waals surface area (Å²) in [6, 6.07) is 5.34. The second-order valence-corrected chi connectivity index (χ2v) is 7.53. The van der Waals surface area contributed by atoms with Crippen LogP contribution in [0.15, 0.2) is 23.1 Å². The Morgan fingerprint density at radius 3 is 2.72 bits per heavy atom. The summed E-state index contributed by atoms with van der Waals surface area (Å²) in [5, 5.41) is 5.34. The SMILES string of the molecule is C[C@@H]1CCCC[C@@H]1NC(=O)NC(=O)CSc1ccc2c(c1)OCCO2. The summed E-state index contributed by atoms with van der Waals surface area (Å²) in [5.41, 5.74) is 0. The van der Waals surface area contributed by atoms with E-state index in [-0.39, 0.29) is 17.7 Å². The van der Waals surface area contributed by atoms with Gasteiger partial charge in [-0.3, -0.25) is 10.1 Å². The number of nitrogens with one attached hydrogen (secondary N) is 2. The summed E-state index contributed by atoms with van der Waals surface area (Å²) in [6.07, 6.45) is 4.45. The van der Waals surface area contributed by atoms with Crippen LogP contribution in [0.3, 0.4) is 0 Å². The Labute approximate surface area is 152 Å². The van der Waals surface area contributed by atoms with Crippen molar-refractivity contribution in [3.05, 3.63) is 18.2 Å². The molecule has 1 aliphatic heterocycles. The quantitative estimate of drug-likeness (QED) is 0.804. The third kappa shape index (κ3) is 5.04. The maximum atomic E-state index is 12.0. The molecule has 3 amide bonds. The summed E-state index contributed by atoms with van der Waals surface area (Å²) < 4.78 is 11.0. The normalized spacial score (nSPS) is 22.1. The molecule has 0 radical (unpaired) electrons. The molecule has 2 N–H and O–H groups in total. The molecule has 3 rings (SSSR count). The number of urea groups is 1. The van der Waals surface area contributed by atoms with Crippen LogP contribution in [0.4, 0.5) is 4.79 Å². The number of carbonyl (C=O) groups excluding carboxylic acids is 2. The standard InChI is InChI=1S/C18H24N2O4S/c1-12-4-2-3-5-14(12)19-18(22)20-17(21)11-25-13-6-7-15-16(10-13)24-9-8-23-15/h6-7,10,12,14H,2-5,8-9,11H2,1H3,(H2,19,20,21,22)/t12-,14+/m1/s1. The van der Waals surface area contributed by atoms with Gasteiger partial charge < -0.3 is 14.8 Å². The Morgan fingerprint density at radius 2 is 1.92 bits per heavy atom. The van der Waals surface area contributed by atoms with Gasteiger partial charge in [-0.1, -0.05) is 19.8 Å². The van der Waals surface area contributed by atoms with Crippen molar-refractivity contribution in [3.8, 4) is 11.5 Å². The summed E-state index contributed by atoms with van der Waals surface area (Å²) in [5.74, 6) is 1.75. The Hall–Kier alpha value is -1.89. The molecule has 2 aliphatic rings. The maximum absolute atomic E-state index is 12.0. The maximum Gasteiger partial charge on any atom is 0.321 e. The number of ether oxygens (including phenoxy) is 2. The average Bonchev–Trinajstić information content (AvgIpc) is 2.62. The number of benzene rings is 1. The van der Waals surface area contributed by atoms with Crippen molar-refractivity contribution in [2.24, 2.45) is 5.92 Å². The molecule has 1 aromatic carbocycles. The molecular weight excluding hydrogens is 340 g/mol. The first-order valence-electron chi connectivity index (χ1n) is 8.74. The molecule has 1 saturated carbocycles. The van der Waals surface area contributed by atoms with Crippen LogP contribution in [0, 0.1) is 5.92 Å². The first kappa shape index (κ1) is 17.9. The fourth-order valence-corrected chi connectivity index (χ4v) is 3.88. The van der Waals surface area contributed by atoms with Gasteiger partial charge in [0.15, 0.2) is 11.5 Å². The third-order valence-corrected chi connectivity index (χ3v) is 5.56. The van der Waals surface area contributed by atoms with Gasteiger partial charge in [0.1, 0.15) is 13.2 Å². The van der Waals surface area contributed by atoms with Crippen molar-refractivity contribution < 1.29 is 19.1 Å². The van der Waals surface area contributed by atoms with Gasteiger partial charge in [-0.15, -0.1) is 11.8 Å². The van der Waals surface area contributed by atoms with E-state index in [4.69, 9.17) is 9.47 Å². The van der Waals surface area contributed by atoms with Gasteiger partial charge in [0, 0.05) is 10.9 Å². The number of amides is 3. The minimum absolute atomic E-state index is 0.159. The first-order chi connectivity index (χ1) is 12.1. The van der Waals surface area contributed by atoms with E-state index in [1.54, 1.807) is 0 Å². The molecular formula is C18H24N2O4S. The highest BCUT2D eigenvalue weighted by Crippen LogP contribution is 2.34. The number of hydrogen-bond donors (Lipinski definition) is 2. The number of carbonyl (C=O) groups is 2. The lowest BCUT2D eigenvalue weighted by atomic mass is 9.86. The van der Waals surface area contributed by atoms with Crippen LogP contribution in [0.5, 0.6) is 11.5 Å². The molecule has 0 bridgehead atoms. The number of thioether (sulfide) groups is 1. The van der Waals surface area contributed by atoms with Gasteiger partial charge >= 0.3 is 6.03 Å². The molecule has 136 valence electrons. The molecule has 1 heterocycles. The zero-order valence-electron chi connectivity index (χ0n) is 14.4. The van der Waals surface area contributed by atoms with Crippen LogP contribution in [0.1, 0.15) is 32.6 Å². The van der Waals surface area contributed by atoms with Crippen molar-refractivity contribution in [2.45, 2.75) is 43.5 Å². The van der Waals surface area contributed by atoms with Crippen molar-refractivity contribution in [2.75, 3.05) is 19.0 Å². The van der Waals surface area contributed by atoms with Gasteiger partial charge in [0.25, 0.3) is 0 Å². The van der Waals surface area contributed by atoms with Crippen molar-refractivity contribution in [1.29, 1.82) is 0 Å².